The number of nitrogens with zero attached hydrogens (tertiary/aromatic N) is 1. The van der Waals surface area contributed by atoms with E-state index in [0.29, 0.717) is 0 Å². The Hall–Kier alpha value is -1.66. The molecule has 1 heterocycles. The van der Waals surface area contributed by atoms with Crippen molar-refractivity contribution in [1.29, 1.82) is 0 Å². The number of alkyl halides is 2. The monoisotopic (exact) mass is 209 g/mol. The predicted molar refractivity (Wildman–Crippen MR) is 36.1 cm³/mol. The zero-order valence-corrected chi connectivity index (χ0v) is 6.47. The lowest BCUT2D eigenvalue weighted by atomic mass is 10.2. The summed E-state index contributed by atoms with van der Waals surface area (Å²) in [7, 11) is 0. The summed E-state index contributed by atoms with van der Waals surface area (Å²) >= 11 is 0. The van der Waals surface area contributed by atoms with Gasteiger partial charge in [0, 0.05) is 0 Å². The van der Waals surface area contributed by atoms with E-state index in [-0.39, 0.29) is 6.07 Å². The molecule has 0 aliphatic heterocycles. The van der Waals surface area contributed by atoms with E-state index < -0.39 is 35.4 Å². The van der Waals surface area contributed by atoms with Crippen LogP contribution >= 0.6 is 0 Å². The Labute approximate surface area is 75.0 Å². The number of carbonyl (C=O) groups is 1. The maximum atomic E-state index is 12.7. The Kier molecular flexibility index (Phi) is 2.68. The summed E-state index contributed by atoms with van der Waals surface area (Å²) in [5.74, 6) is -4.99. The highest BCUT2D eigenvalue weighted by Crippen LogP contribution is 2.22. The van der Waals surface area contributed by atoms with Crippen molar-refractivity contribution in [1.82, 2.24) is 4.98 Å². The maximum Gasteiger partial charge on any atom is 0.357 e. The Morgan fingerprint density at radius 2 is 2.00 bits per heavy atom. The van der Waals surface area contributed by atoms with Crippen molar-refractivity contribution in [2.24, 2.45) is 0 Å². The number of pyridine rings is 1. The lowest BCUT2D eigenvalue weighted by Gasteiger charge is -2.02. The third-order valence-corrected chi connectivity index (χ3v) is 1.39. The molecule has 0 aliphatic carbocycles. The van der Waals surface area contributed by atoms with Gasteiger partial charge in [0.2, 0.25) is 5.95 Å². The second-order valence-electron chi connectivity index (χ2n) is 2.30. The van der Waals surface area contributed by atoms with Crippen molar-refractivity contribution in [3.63, 3.8) is 0 Å². The smallest absolute Gasteiger partial charge is 0.357 e. The first-order chi connectivity index (χ1) is 6.43. The average Bonchev–Trinajstić information content (AvgIpc) is 2.07. The summed E-state index contributed by atoms with van der Waals surface area (Å²) in [6.07, 6.45) is -3.24. The van der Waals surface area contributed by atoms with Gasteiger partial charge in [-0.15, -0.1) is 0 Å². The second-order valence-corrected chi connectivity index (χ2v) is 2.30. The summed E-state index contributed by atoms with van der Waals surface area (Å²) < 4.78 is 49.2. The molecule has 1 N–H and O–H groups in total. The van der Waals surface area contributed by atoms with E-state index in [9.17, 15) is 22.4 Å². The summed E-state index contributed by atoms with van der Waals surface area (Å²) in [4.78, 5) is 12.8. The maximum absolute atomic E-state index is 12.7. The number of rotatable bonds is 2. The quantitative estimate of drug-likeness (QED) is 0.598. The summed E-state index contributed by atoms with van der Waals surface area (Å²) in [5.41, 5.74) is -2.47. The summed E-state index contributed by atoms with van der Waals surface area (Å²) in [6, 6.07) is 0.121. The molecular weight excluding hydrogens is 206 g/mol. The molecule has 3 nitrogen and oxygen atoms in total. The number of carboxylic acids is 1. The molecule has 0 atom stereocenters. The van der Waals surface area contributed by atoms with E-state index >= 15 is 0 Å². The SMILES string of the molecule is O=C(O)c1nc(F)c(C(F)F)cc1F. The number of halogens is 4. The molecule has 0 saturated heterocycles. The van der Waals surface area contributed by atoms with Crippen molar-refractivity contribution >= 4 is 5.97 Å². The predicted octanol–water partition coefficient (Wildman–Crippen LogP) is 2.00. The van der Waals surface area contributed by atoms with Gasteiger partial charge in [0.1, 0.15) is 0 Å². The average molecular weight is 209 g/mol. The molecule has 0 bridgehead atoms. The molecule has 1 aromatic rings. The van der Waals surface area contributed by atoms with E-state index in [1.807, 2.05) is 0 Å². The zero-order valence-electron chi connectivity index (χ0n) is 6.47. The molecular formula is C7H3F4NO2. The van der Waals surface area contributed by atoms with Gasteiger partial charge >= 0.3 is 5.97 Å². The lowest BCUT2D eigenvalue weighted by molar-refractivity contribution is 0.0681. The van der Waals surface area contributed by atoms with Gasteiger partial charge in [-0.3, -0.25) is 0 Å². The molecule has 0 saturated carbocycles. The van der Waals surface area contributed by atoms with Crippen molar-refractivity contribution in [2.45, 2.75) is 6.43 Å². The fourth-order valence-corrected chi connectivity index (χ4v) is 0.784. The number of carboxylic acid groups (broad SMARTS) is 1. The first-order valence-corrected chi connectivity index (χ1v) is 3.31. The van der Waals surface area contributed by atoms with Crippen molar-refractivity contribution in [2.75, 3.05) is 0 Å². The third kappa shape index (κ3) is 1.81. The minimum Gasteiger partial charge on any atom is -0.476 e. The van der Waals surface area contributed by atoms with Crippen LogP contribution in [0.4, 0.5) is 17.6 Å². The standard InChI is InChI=1S/C7H3F4NO2/c8-3-1-2(5(9)10)6(11)12-4(3)7(13)14/h1,5H,(H,13,14). The topological polar surface area (TPSA) is 50.2 Å². The third-order valence-electron chi connectivity index (χ3n) is 1.39. The van der Waals surface area contributed by atoms with Crippen LogP contribution in [0.1, 0.15) is 22.5 Å². The molecule has 1 rings (SSSR count). The molecule has 14 heavy (non-hydrogen) atoms. The molecule has 0 radical (unpaired) electrons. The van der Waals surface area contributed by atoms with Gasteiger partial charge in [0.15, 0.2) is 11.5 Å². The van der Waals surface area contributed by atoms with Crippen LogP contribution in [0.25, 0.3) is 0 Å². The summed E-state index contributed by atoms with van der Waals surface area (Å²) in [6.45, 7) is 0. The highest BCUT2D eigenvalue weighted by molar-refractivity contribution is 5.85. The van der Waals surface area contributed by atoms with Crippen LogP contribution in [0.3, 0.4) is 0 Å². The van der Waals surface area contributed by atoms with E-state index in [2.05, 4.69) is 4.98 Å². The van der Waals surface area contributed by atoms with Crippen LogP contribution in [-0.4, -0.2) is 16.1 Å². The van der Waals surface area contributed by atoms with E-state index in [1.165, 1.54) is 0 Å². The molecule has 7 heteroatoms. The van der Waals surface area contributed by atoms with Gasteiger partial charge in [0.05, 0.1) is 5.56 Å². The van der Waals surface area contributed by atoms with Gasteiger partial charge in [-0.25, -0.2) is 22.9 Å². The minimum atomic E-state index is -3.24. The van der Waals surface area contributed by atoms with Crippen molar-refractivity contribution < 1.29 is 27.5 Å². The van der Waals surface area contributed by atoms with Crippen LogP contribution in [-0.2, 0) is 0 Å². The van der Waals surface area contributed by atoms with E-state index in [1.54, 1.807) is 0 Å². The van der Waals surface area contributed by atoms with Gasteiger partial charge < -0.3 is 5.11 Å². The van der Waals surface area contributed by atoms with Gasteiger partial charge in [0.25, 0.3) is 6.43 Å². The number of hydrogen-bond acceptors (Lipinski definition) is 2. The van der Waals surface area contributed by atoms with Gasteiger partial charge in [-0.1, -0.05) is 0 Å². The molecule has 0 fully saturated rings. The van der Waals surface area contributed by atoms with Crippen molar-refractivity contribution in [3.05, 3.63) is 29.1 Å². The molecule has 0 amide bonds. The summed E-state index contributed by atoms with van der Waals surface area (Å²) in [5, 5.41) is 8.26. The van der Waals surface area contributed by atoms with Gasteiger partial charge in [-0.2, -0.15) is 4.39 Å². The van der Waals surface area contributed by atoms with Crippen molar-refractivity contribution in [3.8, 4) is 0 Å². The molecule has 0 spiro atoms. The molecule has 0 unspecified atom stereocenters. The van der Waals surface area contributed by atoms with Crippen LogP contribution in [0, 0.1) is 11.8 Å². The Morgan fingerprint density at radius 3 is 2.43 bits per heavy atom. The highest BCUT2D eigenvalue weighted by atomic mass is 19.3. The number of aromatic carboxylic acids is 1. The zero-order chi connectivity index (χ0) is 10.9. The highest BCUT2D eigenvalue weighted by Gasteiger charge is 2.21. The largest absolute Gasteiger partial charge is 0.476 e. The first kappa shape index (κ1) is 10.4. The first-order valence-electron chi connectivity index (χ1n) is 3.31. The van der Waals surface area contributed by atoms with Crippen LogP contribution in [0.15, 0.2) is 6.07 Å². The second kappa shape index (κ2) is 3.60. The molecule has 76 valence electrons. The molecule has 0 aromatic carbocycles. The Balaban J connectivity index is 3.31. The van der Waals surface area contributed by atoms with Crippen LogP contribution in [0.2, 0.25) is 0 Å². The van der Waals surface area contributed by atoms with E-state index in [4.69, 9.17) is 5.11 Å². The van der Waals surface area contributed by atoms with Gasteiger partial charge in [-0.05, 0) is 6.07 Å². The van der Waals surface area contributed by atoms with Crippen LogP contribution in [0.5, 0.6) is 0 Å². The lowest BCUT2D eigenvalue weighted by Crippen LogP contribution is -2.08. The normalized spacial score (nSPS) is 10.6. The Morgan fingerprint density at radius 1 is 1.43 bits per heavy atom. The molecule has 0 aliphatic rings. The Bertz CT molecular complexity index is 380. The fourth-order valence-electron chi connectivity index (χ4n) is 0.784. The number of aromatic nitrogens is 1. The van der Waals surface area contributed by atoms with E-state index in [0.717, 1.165) is 0 Å². The van der Waals surface area contributed by atoms with Crippen LogP contribution < -0.4 is 0 Å². The number of hydrogen-bond donors (Lipinski definition) is 1. The molecule has 1 aromatic heterocycles. The minimum absolute atomic E-state index is 0.121. The fraction of sp³-hybridized carbons (Fsp3) is 0.143.